The number of nitrogens with one attached hydrogen (secondary N) is 1. The van der Waals surface area contributed by atoms with Crippen molar-refractivity contribution in [2.75, 3.05) is 52.1 Å². The van der Waals surface area contributed by atoms with Crippen LogP contribution in [-0.4, -0.2) is 67.8 Å². The van der Waals surface area contributed by atoms with Crippen molar-refractivity contribution >= 4 is 17.7 Å². The van der Waals surface area contributed by atoms with E-state index in [4.69, 9.17) is 0 Å². The zero-order valence-corrected chi connectivity index (χ0v) is 17.9. The number of aliphatic imine (C=N–C) groups is 1. The molecule has 0 aromatic heterocycles. The largest absolute Gasteiger partial charge is 0.356 e. The molecule has 2 aliphatic rings. The van der Waals surface area contributed by atoms with E-state index in [9.17, 15) is 0 Å². The van der Waals surface area contributed by atoms with Crippen LogP contribution in [0.2, 0.25) is 0 Å². The van der Waals surface area contributed by atoms with E-state index in [1.165, 1.54) is 56.0 Å². The van der Waals surface area contributed by atoms with E-state index in [0.717, 1.165) is 37.4 Å². The molecule has 0 amide bonds. The summed E-state index contributed by atoms with van der Waals surface area (Å²) >= 11 is 1.99. The van der Waals surface area contributed by atoms with Gasteiger partial charge in [-0.2, -0.15) is 0 Å². The molecule has 0 bridgehead atoms. The van der Waals surface area contributed by atoms with Gasteiger partial charge in [-0.15, -0.1) is 11.8 Å². The SMILES string of the molecule is CCCN1CCC(CNC(=NC)N2CCC(CSc3ccccc3)C2)CC1. The smallest absolute Gasteiger partial charge is 0.193 e. The maximum absolute atomic E-state index is 4.57. The van der Waals surface area contributed by atoms with Crippen LogP contribution in [0.25, 0.3) is 0 Å². The first-order chi connectivity index (χ1) is 13.3. The van der Waals surface area contributed by atoms with Crippen molar-refractivity contribution in [3.05, 3.63) is 30.3 Å². The first kappa shape index (κ1) is 20.5. The Morgan fingerprint density at radius 1 is 1.11 bits per heavy atom. The number of hydrogen-bond acceptors (Lipinski definition) is 3. The molecule has 0 aliphatic carbocycles. The molecule has 1 atom stereocenters. The van der Waals surface area contributed by atoms with Gasteiger partial charge in [-0.1, -0.05) is 25.1 Å². The summed E-state index contributed by atoms with van der Waals surface area (Å²) in [5, 5.41) is 3.67. The average molecular weight is 389 g/mol. The molecule has 2 aliphatic heterocycles. The summed E-state index contributed by atoms with van der Waals surface area (Å²) < 4.78 is 0. The van der Waals surface area contributed by atoms with Crippen molar-refractivity contribution in [2.45, 2.75) is 37.5 Å². The zero-order chi connectivity index (χ0) is 18.9. The van der Waals surface area contributed by atoms with Gasteiger partial charge in [0.1, 0.15) is 0 Å². The molecule has 150 valence electrons. The first-order valence-electron chi connectivity index (χ1n) is 10.6. The van der Waals surface area contributed by atoms with Gasteiger partial charge in [-0.25, -0.2) is 0 Å². The van der Waals surface area contributed by atoms with E-state index in [0.29, 0.717) is 0 Å². The van der Waals surface area contributed by atoms with Crippen LogP contribution in [0.3, 0.4) is 0 Å². The minimum Gasteiger partial charge on any atom is -0.356 e. The van der Waals surface area contributed by atoms with Crippen LogP contribution < -0.4 is 5.32 Å². The van der Waals surface area contributed by atoms with Crippen molar-refractivity contribution in [2.24, 2.45) is 16.8 Å². The van der Waals surface area contributed by atoms with Gasteiger partial charge in [0, 0.05) is 37.3 Å². The number of rotatable bonds is 7. The number of nitrogens with zero attached hydrogens (tertiary/aromatic N) is 3. The Labute approximate surface area is 169 Å². The van der Waals surface area contributed by atoms with E-state index in [1.54, 1.807) is 0 Å². The van der Waals surface area contributed by atoms with Crippen LogP contribution in [0.4, 0.5) is 0 Å². The highest BCUT2D eigenvalue weighted by atomic mass is 32.2. The number of piperidine rings is 1. The van der Waals surface area contributed by atoms with Gasteiger partial charge in [-0.3, -0.25) is 4.99 Å². The molecule has 0 saturated carbocycles. The number of hydrogen-bond donors (Lipinski definition) is 1. The van der Waals surface area contributed by atoms with Crippen molar-refractivity contribution in [3.8, 4) is 0 Å². The Balaban J connectivity index is 1.37. The summed E-state index contributed by atoms with van der Waals surface area (Å²) in [6, 6.07) is 10.8. The second-order valence-electron chi connectivity index (χ2n) is 7.94. The summed E-state index contributed by atoms with van der Waals surface area (Å²) in [5.41, 5.74) is 0. The highest BCUT2D eigenvalue weighted by molar-refractivity contribution is 7.99. The van der Waals surface area contributed by atoms with Crippen LogP contribution in [-0.2, 0) is 0 Å². The van der Waals surface area contributed by atoms with Crippen molar-refractivity contribution in [1.29, 1.82) is 0 Å². The number of thioether (sulfide) groups is 1. The number of likely N-dealkylation sites (tertiary alicyclic amines) is 2. The predicted molar refractivity (Wildman–Crippen MR) is 118 cm³/mol. The average Bonchev–Trinajstić information content (AvgIpc) is 3.18. The molecule has 27 heavy (non-hydrogen) atoms. The molecule has 1 N–H and O–H groups in total. The topological polar surface area (TPSA) is 30.9 Å². The molecule has 1 aromatic rings. The van der Waals surface area contributed by atoms with Crippen LogP contribution in [0, 0.1) is 11.8 Å². The Morgan fingerprint density at radius 2 is 1.85 bits per heavy atom. The summed E-state index contributed by atoms with van der Waals surface area (Å²) in [6.07, 6.45) is 5.19. The van der Waals surface area contributed by atoms with Gasteiger partial charge in [0.15, 0.2) is 5.96 Å². The van der Waals surface area contributed by atoms with Crippen molar-refractivity contribution < 1.29 is 0 Å². The summed E-state index contributed by atoms with van der Waals surface area (Å²) in [5.74, 6) is 3.86. The zero-order valence-electron chi connectivity index (χ0n) is 17.1. The predicted octanol–water partition coefficient (Wildman–Crippen LogP) is 3.80. The van der Waals surface area contributed by atoms with Crippen molar-refractivity contribution in [1.82, 2.24) is 15.1 Å². The van der Waals surface area contributed by atoms with Gasteiger partial charge >= 0.3 is 0 Å². The van der Waals surface area contributed by atoms with E-state index in [-0.39, 0.29) is 0 Å². The maximum atomic E-state index is 4.57. The third-order valence-corrected chi connectivity index (χ3v) is 7.07. The summed E-state index contributed by atoms with van der Waals surface area (Å²) in [6.45, 7) is 9.41. The third kappa shape index (κ3) is 6.42. The standard InChI is InChI=1S/C22H36N4S/c1-3-12-25-13-9-19(10-14-25)16-24-22(23-2)26-15-11-20(17-26)18-27-21-7-5-4-6-8-21/h4-8,19-20H,3,9-18H2,1-2H3,(H,23,24). The van der Waals surface area contributed by atoms with E-state index in [1.807, 2.05) is 18.8 Å². The monoisotopic (exact) mass is 388 g/mol. The minimum absolute atomic E-state index is 0.756. The molecule has 5 heteroatoms. The lowest BCUT2D eigenvalue weighted by atomic mass is 9.97. The summed E-state index contributed by atoms with van der Waals surface area (Å²) in [7, 11) is 1.93. The van der Waals surface area contributed by atoms with E-state index < -0.39 is 0 Å². The molecule has 1 aromatic carbocycles. The Morgan fingerprint density at radius 3 is 2.56 bits per heavy atom. The first-order valence-corrected chi connectivity index (χ1v) is 11.6. The molecule has 0 radical (unpaired) electrons. The van der Waals surface area contributed by atoms with Crippen molar-refractivity contribution in [3.63, 3.8) is 0 Å². The van der Waals surface area contributed by atoms with Gasteiger partial charge < -0.3 is 15.1 Å². The van der Waals surface area contributed by atoms with E-state index >= 15 is 0 Å². The molecule has 2 heterocycles. The Kier molecular flexibility index (Phi) is 8.34. The van der Waals surface area contributed by atoms with Gasteiger partial charge in [0.25, 0.3) is 0 Å². The van der Waals surface area contributed by atoms with Crippen LogP contribution in [0.1, 0.15) is 32.6 Å². The molecule has 1 unspecified atom stereocenters. The Hall–Kier alpha value is -1.20. The fraction of sp³-hybridized carbons (Fsp3) is 0.682. The summed E-state index contributed by atoms with van der Waals surface area (Å²) in [4.78, 5) is 11.0. The Bertz CT molecular complexity index is 569. The quantitative estimate of drug-likeness (QED) is 0.437. The van der Waals surface area contributed by atoms with Crippen LogP contribution in [0.5, 0.6) is 0 Å². The molecule has 0 spiro atoms. The van der Waals surface area contributed by atoms with E-state index in [2.05, 4.69) is 57.4 Å². The number of benzene rings is 1. The highest BCUT2D eigenvalue weighted by Crippen LogP contribution is 2.26. The second kappa shape index (κ2) is 11.0. The van der Waals surface area contributed by atoms with Gasteiger partial charge in [-0.05, 0) is 69.3 Å². The van der Waals surface area contributed by atoms with Gasteiger partial charge in [0.2, 0.25) is 0 Å². The highest BCUT2D eigenvalue weighted by Gasteiger charge is 2.26. The van der Waals surface area contributed by atoms with Crippen LogP contribution in [0.15, 0.2) is 40.2 Å². The molecule has 4 nitrogen and oxygen atoms in total. The van der Waals surface area contributed by atoms with Crippen LogP contribution >= 0.6 is 11.8 Å². The number of guanidine groups is 1. The normalized spacial score (nSPS) is 22.4. The molecule has 2 saturated heterocycles. The second-order valence-corrected chi connectivity index (χ2v) is 9.03. The lowest BCUT2D eigenvalue weighted by molar-refractivity contribution is 0.185. The molecule has 2 fully saturated rings. The maximum Gasteiger partial charge on any atom is 0.193 e. The fourth-order valence-electron chi connectivity index (χ4n) is 4.19. The van der Waals surface area contributed by atoms with Gasteiger partial charge in [0.05, 0.1) is 0 Å². The molecule has 3 rings (SSSR count). The lowest BCUT2D eigenvalue weighted by Gasteiger charge is -2.32. The lowest BCUT2D eigenvalue weighted by Crippen LogP contribution is -2.44. The molecular formula is C22H36N4S. The fourth-order valence-corrected chi connectivity index (χ4v) is 5.24. The molecular weight excluding hydrogens is 352 g/mol. The minimum atomic E-state index is 0.756. The third-order valence-electron chi connectivity index (χ3n) is 5.82.